The van der Waals surface area contributed by atoms with Crippen LogP contribution in [0.3, 0.4) is 0 Å². The zero-order chi connectivity index (χ0) is 13.5. The van der Waals surface area contributed by atoms with E-state index in [-0.39, 0.29) is 11.4 Å². The number of alkyl halides is 1. The first-order chi connectivity index (χ1) is 9.83. The maximum absolute atomic E-state index is 6.24. The molecule has 2 unspecified atom stereocenters. The molecule has 2 N–H and O–H groups in total. The quantitative estimate of drug-likeness (QED) is 0.662. The Morgan fingerprint density at radius 1 is 1.35 bits per heavy atom. The van der Waals surface area contributed by atoms with Crippen molar-refractivity contribution >= 4 is 27.9 Å². The Labute approximate surface area is 122 Å². The highest BCUT2D eigenvalue weighted by Gasteiger charge is 2.30. The predicted octanol–water partition coefficient (Wildman–Crippen LogP) is 0.399. The first-order valence-electron chi connectivity index (χ1n) is 5.94. The largest absolute Gasteiger partial charge is 0.261 e. The van der Waals surface area contributed by atoms with Gasteiger partial charge < -0.3 is 0 Å². The third kappa shape index (κ3) is 1.86. The van der Waals surface area contributed by atoms with E-state index in [2.05, 4.69) is 36.1 Å². The van der Waals surface area contributed by atoms with Crippen LogP contribution in [-0.4, -0.2) is 41.7 Å². The monoisotopic (exact) mass is 308 g/mol. The lowest BCUT2D eigenvalue weighted by atomic mass is 10.2. The highest BCUT2D eigenvalue weighted by Crippen LogP contribution is 2.28. The van der Waals surface area contributed by atoms with Gasteiger partial charge in [-0.2, -0.15) is 9.61 Å². The summed E-state index contributed by atoms with van der Waals surface area (Å²) in [5, 5.41) is 13.6. The van der Waals surface area contributed by atoms with Gasteiger partial charge in [0.15, 0.2) is 0 Å². The highest BCUT2D eigenvalue weighted by atomic mass is 35.5. The fraction of sp³-hybridized carbons (Fsp3) is 0.300. The smallest absolute Gasteiger partial charge is 0.235 e. The Bertz CT molecular complexity index is 740. The number of hydrogen-bond acceptors (Lipinski definition) is 8. The molecule has 0 radical (unpaired) electrons. The second kappa shape index (κ2) is 4.70. The molecule has 4 heterocycles. The third-order valence-corrected chi connectivity index (χ3v) is 4.37. The fourth-order valence-electron chi connectivity index (χ4n) is 2.02. The molecular formula is C10H9ClN8S. The summed E-state index contributed by atoms with van der Waals surface area (Å²) in [5.74, 6) is 0.577. The number of aromatic nitrogens is 6. The Morgan fingerprint density at radius 2 is 2.30 bits per heavy atom. The average molecular weight is 309 g/mol. The maximum atomic E-state index is 6.24. The lowest BCUT2D eigenvalue weighted by molar-refractivity contribution is 0.573. The molecule has 3 aromatic heterocycles. The van der Waals surface area contributed by atoms with Crippen LogP contribution in [0.2, 0.25) is 0 Å². The molecular weight excluding hydrogens is 300 g/mol. The summed E-state index contributed by atoms with van der Waals surface area (Å²) < 4.78 is 1.67. The van der Waals surface area contributed by atoms with Gasteiger partial charge >= 0.3 is 0 Å². The molecule has 20 heavy (non-hydrogen) atoms. The molecule has 4 rings (SSSR count). The van der Waals surface area contributed by atoms with Gasteiger partial charge in [-0.05, 0) is 0 Å². The van der Waals surface area contributed by atoms with Crippen LogP contribution in [0.15, 0.2) is 18.6 Å². The molecule has 2 atom stereocenters. The van der Waals surface area contributed by atoms with Gasteiger partial charge in [0.25, 0.3) is 0 Å². The van der Waals surface area contributed by atoms with E-state index >= 15 is 0 Å². The van der Waals surface area contributed by atoms with Crippen molar-refractivity contribution < 1.29 is 0 Å². The van der Waals surface area contributed by atoms with E-state index in [4.69, 9.17) is 11.6 Å². The topological polar surface area (TPSA) is 92.9 Å². The molecule has 1 aliphatic heterocycles. The number of rotatable bonds is 2. The van der Waals surface area contributed by atoms with Crippen LogP contribution in [0.5, 0.6) is 0 Å². The van der Waals surface area contributed by atoms with Crippen molar-refractivity contribution in [2.45, 2.75) is 11.4 Å². The van der Waals surface area contributed by atoms with Crippen LogP contribution in [-0.2, 0) is 0 Å². The second-order valence-corrected chi connectivity index (χ2v) is 5.82. The number of nitrogens with one attached hydrogen (secondary N) is 2. The molecule has 0 bridgehead atoms. The van der Waals surface area contributed by atoms with Crippen LogP contribution < -0.4 is 10.9 Å². The summed E-state index contributed by atoms with van der Waals surface area (Å²) in [6, 6.07) is -0.0296. The van der Waals surface area contributed by atoms with Gasteiger partial charge in [-0.3, -0.25) is 10.4 Å². The third-order valence-electron chi connectivity index (χ3n) is 2.98. The number of halogens is 1. The SMILES string of the molecule is ClC1CNNC1c1nn2c(-c3cnccn3)nnc2s1. The van der Waals surface area contributed by atoms with E-state index < -0.39 is 0 Å². The molecule has 1 saturated heterocycles. The Morgan fingerprint density at radius 3 is 3.05 bits per heavy atom. The summed E-state index contributed by atoms with van der Waals surface area (Å²) in [5.41, 5.74) is 6.77. The minimum absolute atomic E-state index is 0.0296. The highest BCUT2D eigenvalue weighted by molar-refractivity contribution is 7.16. The van der Waals surface area contributed by atoms with Gasteiger partial charge in [-0.1, -0.05) is 11.3 Å². The van der Waals surface area contributed by atoms with Crippen molar-refractivity contribution in [3.8, 4) is 11.5 Å². The maximum Gasteiger partial charge on any atom is 0.235 e. The fourth-order valence-corrected chi connectivity index (χ4v) is 3.31. The van der Waals surface area contributed by atoms with Crippen LogP contribution in [0, 0.1) is 0 Å². The molecule has 1 aliphatic rings. The van der Waals surface area contributed by atoms with Crippen LogP contribution in [0.4, 0.5) is 0 Å². The molecule has 0 amide bonds. The average Bonchev–Trinajstić information content (AvgIpc) is 3.13. The molecule has 0 spiro atoms. The molecule has 8 nitrogen and oxygen atoms in total. The van der Waals surface area contributed by atoms with Gasteiger partial charge in [-0.15, -0.1) is 21.8 Å². The second-order valence-electron chi connectivity index (χ2n) is 4.27. The first-order valence-corrected chi connectivity index (χ1v) is 7.19. The van der Waals surface area contributed by atoms with Gasteiger partial charge in [0, 0.05) is 18.9 Å². The molecule has 3 aromatic rings. The lowest BCUT2D eigenvalue weighted by Crippen LogP contribution is -2.25. The van der Waals surface area contributed by atoms with Gasteiger partial charge in [0.2, 0.25) is 10.8 Å². The van der Waals surface area contributed by atoms with Gasteiger partial charge in [-0.25, -0.2) is 10.4 Å². The van der Waals surface area contributed by atoms with Crippen LogP contribution in [0.1, 0.15) is 11.0 Å². The zero-order valence-corrected chi connectivity index (χ0v) is 11.6. The summed E-state index contributed by atoms with van der Waals surface area (Å²) in [6.07, 6.45) is 4.86. The van der Waals surface area contributed by atoms with Crippen molar-refractivity contribution in [3.05, 3.63) is 23.6 Å². The molecule has 0 aromatic carbocycles. The van der Waals surface area contributed by atoms with Crippen LogP contribution in [0.25, 0.3) is 16.5 Å². The van der Waals surface area contributed by atoms with Crippen molar-refractivity contribution in [1.29, 1.82) is 0 Å². The Balaban J connectivity index is 1.79. The minimum Gasteiger partial charge on any atom is -0.261 e. The molecule has 0 aliphatic carbocycles. The molecule has 1 fully saturated rings. The van der Waals surface area contributed by atoms with Gasteiger partial charge in [0.05, 0.1) is 17.6 Å². The Kier molecular flexibility index (Phi) is 2.84. The summed E-state index contributed by atoms with van der Waals surface area (Å²) >= 11 is 7.70. The van der Waals surface area contributed by atoms with E-state index in [1.165, 1.54) is 11.3 Å². The minimum atomic E-state index is -0.0428. The van der Waals surface area contributed by atoms with Crippen LogP contribution >= 0.6 is 22.9 Å². The van der Waals surface area contributed by atoms with Gasteiger partial charge in [0.1, 0.15) is 10.7 Å². The van der Waals surface area contributed by atoms with E-state index in [0.717, 1.165) is 5.01 Å². The van der Waals surface area contributed by atoms with E-state index in [1.807, 2.05) is 0 Å². The number of nitrogens with zero attached hydrogens (tertiary/aromatic N) is 6. The summed E-state index contributed by atoms with van der Waals surface area (Å²) in [6.45, 7) is 0.698. The van der Waals surface area contributed by atoms with Crippen molar-refractivity contribution in [1.82, 2.24) is 40.6 Å². The molecule has 10 heteroatoms. The van der Waals surface area contributed by atoms with Crippen molar-refractivity contribution in [2.24, 2.45) is 0 Å². The lowest BCUT2D eigenvalue weighted by Gasteiger charge is -2.07. The predicted molar refractivity (Wildman–Crippen MR) is 73.2 cm³/mol. The summed E-state index contributed by atoms with van der Waals surface area (Å²) in [4.78, 5) is 8.96. The summed E-state index contributed by atoms with van der Waals surface area (Å²) in [7, 11) is 0. The van der Waals surface area contributed by atoms with E-state index in [0.29, 0.717) is 23.0 Å². The Hall–Kier alpha value is -1.68. The standard InChI is InChI=1S/C10H9ClN8S/c11-5-3-14-15-7(5)9-18-19-8(16-17-10(19)20-9)6-4-12-1-2-13-6/h1-2,4-5,7,14-15H,3H2. The molecule has 0 saturated carbocycles. The molecule has 102 valence electrons. The van der Waals surface area contributed by atoms with E-state index in [9.17, 15) is 0 Å². The van der Waals surface area contributed by atoms with E-state index in [1.54, 1.807) is 23.1 Å². The number of hydrazine groups is 1. The zero-order valence-electron chi connectivity index (χ0n) is 10.1. The number of fused-ring (bicyclic) bond motifs is 1. The van der Waals surface area contributed by atoms with Crippen molar-refractivity contribution in [2.75, 3.05) is 6.54 Å². The van der Waals surface area contributed by atoms with Crippen molar-refractivity contribution in [3.63, 3.8) is 0 Å². The number of hydrogen-bond donors (Lipinski definition) is 2. The normalized spacial score (nSPS) is 22.6. The first kappa shape index (κ1) is 12.1.